The van der Waals surface area contributed by atoms with E-state index in [1.807, 2.05) is 44.2 Å². The van der Waals surface area contributed by atoms with Crippen LogP contribution in [0.5, 0.6) is 0 Å². The highest BCUT2D eigenvalue weighted by atomic mass is 16.4. The van der Waals surface area contributed by atoms with Crippen molar-refractivity contribution in [2.24, 2.45) is 0 Å². The molecular weight excluding hydrogens is 294 g/mol. The highest BCUT2D eigenvalue weighted by Gasteiger charge is 2.42. The van der Waals surface area contributed by atoms with Crippen molar-refractivity contribution in [3.8, 4) is 0 Å². The molecule has 6 nitrogen and oxygen atoms in total. The van der Waals surface area contributed by atoms with Crippen LogP contribution in [0.25, 0.3) is 0 Å². The van der Waals surface area contributed by atoms with E-state index in [0.717, 1.165) is 5.56 Å². The maximum Gasteiger partial charge on any atom is 0.326 e. The Morgan fingerprint density at radius 3 is 2.74 bits per heavy atom. The first-order chi connectivity index (χ1) is 10.9. The Morgan fingerprint density at radius 1 is 1.39 bits per heavy atom. The maximum absolute atomic E-state index is 12.7. The van der Waals surface area contributed by atoms with Gasteiger partial charge in [-0.3, -0.25) is 9.36 Å². The molecule has 0 unspecified atom stereocenters. The molecule has 0 saturated heterocycles. The summed E-state index contributed by atoms with van der Waals surface area (Å²) in [6.07, 6.45) is 2.00. The molecule has 0 radical (unpaired) electrons. The van der Waals surface area contributed by atoms with Crippen molar-refractivity contribution >= 4 is 11.8 Å². The summed E-state index contributed by atoms with van der Waals surface area (Å²) in [5.41, 5.74) is 0.929. The molecule has 0 spiro atoms. The van der Waals surface area contributed by atoms with Crippen molar-refractivity contribution in [3.63, 3.8) is 0 Å². The molecule has 0 aliphatic carbocycles. The first-order valence-electron chi connectivity index (χ1n) is 7.53. The lowest BCUT2D eigenvalue weighted by atomic mass is 9.87. The molecule has 2 N–H and O–H groups in total. The number of carboxylic acids is 1. The molecule has 0 bridgehead atoms. The largest absolute Gasteiger partial charge is 0.480 e. The van der Waals surface area contributed by atoms with Crippen LogP contribution in [0.15, 0.2) is 41.3 Å². The number of carboxylic acid groups (broad SMARTS) is 1. The average molecular weight is 313 g/mol. The van der Waals surface area contributed by atoms with Crippen molar-refractivity contribution in [1.29, 1.82) is 0 Å². The van der Waals surface area contributed by atoms with E-state index in [2.05, 4.69) is 10.3 Å². The minimum atomic E-state index is -0.987. The van der Waals surface area contributed by atoms with E-state index in [1.54, 1.807) is 6.20 Å². The fourth-order valence-corrected chi connectivity index (χ4v) is 3.06. The number of aliphatic carboxylic acids is 1. The van der Waals surface area contributed by atoms with Crippen molar-refractivity contribution < 1.29 is 9.90 Å². The lowest BCUT2D eigenvalue weighted by molar-refractivity contribution is -0.140. The van der Waals surface area contributed by atoms with Crippen LogP contribution in [0.1, 0.15) is 37.6 Å². The monoisotopic (exact) mass is 313 g/mol. The minimum Gasteiger partial charge on any atom is -0.480 e. The van der Waals surface area contributed by atoms with Crippen LogP contribution in [0.2, 0.25) is 0 Å². The summed E-state index contributed by atoms with van der Waals surface area (Å²) in [6.45, 7) is 4.32. The molecule has 1 aliphatic heterocycles. The molecule has 1 aromatic heterocycles. The summed E-state index contributed by atoms with van der Waals surface area (Å²) >= 11 is 0. The Hall–Kier alpha value is -2.63. The third-order valence-corrected chi connectivity index (χ3v) is 4.29. The summed E-state index contributed by atoms with van der Waals surface area (Å²) < 4.78 is 1.36. The zero-order chi connectivity index (χ0) is 16.6. The van der Waals surface area contributed by atoms with E-state index < -0.39 is 12.0 Å². The molecule has 2 heterocycles. The minimum absolute atomic E-state index is 0.182. The first-order valence-corrected chi connectivity index (χ1v) is 7.53. The molecule has 6 heteroatoms. The van der Waals surface area contributed by atoms with E-state index in [0.29, 0.717) is 18.7 Å². The number of carbonyl (C=O) groups is 1. The molecule has 1 aliphatic rings. The van der Waals surface area contributed by atoms with Gasteiger partial charge in [0.05, 0.1) is 0 Å². The van der Waals surface area contributed by atoms with E-state index in [4.69, 9.17) is 0 Å². The lowest BCUT2D eigenvalue weighted by Crippen LogP contribution is -2.30. The number of nitrogens with one attached hydrogen (secondary N) is 1. The third-order valence-electron chi connectivity index (χ3n) is 4.29. The molecule has 0 amide bonds. The van der Waals surface area contributed by atoms with Gasteiger partial charge in [-0.1, -0.05) is 44.2 Å². The number of hydrogen-bond donors (Lipinski definition) is 2. The van der Waals surface area contributed by atoms with Crippen LogP contribution in [-0.4, -0.2) is 20.6 Å². The number of anilines is 1. The number of rotatable bonds is 4. The lowest BCUT2D eigenvalue weighted by Gasteiger charge is -2.17. The number of aromatic nitrogens is 2. The number of hydrogen-bond acceptors (Lipinski definition) is 4. The third kappa shape index (κ3) is 2.72. The van der Waals surface area contributed by atoms with Crippen molar-refractivity contribution in [1.82, 2.24) is 9.55 Å². The topological polar surface area (TPSA) is 84.2 Å². The van der Waals surface area contributed by atoms with E-state index in [1.165, 1.54) is 4.57 Å². The molecule has 0 saturated carbocycles. The summed E-state index contributed by atoms with van der Waals surface area (Å²) in [6, 6.07) is 8.81. The maximum atomic E-state index is 12.7. The van der Waals surface area contributed by atoms with Gasteiger partial charge in [0.1, 0.15) is 6.04 Å². The summed E-state index contributed by atoms with van der Waals surface area (Å²) in [5, 5.41) is 12.4. The zero-order valence-electron chi connectivity index (χ0n) is 13.1. The molecule has 23 heavy (non-hydrogen) atoms. The summed E-state index contributed by atoms with van der Waals surface area (Å²) in [4.78, 5) is 28.4. The van der Waals surface area contributed by atoms with Crippen LogP contribution in [0.4, 0.5) is 5.82 Å². The van der Waals surface area contributed by atoms with Gasteiger partial charge >= 0.3 is 5.97 Å². The fraction of sp³-hybridized carbons (Fsp3) is 0.353. The second-order valence-corrected chi connectivity index (χ2v) is 6.45. The van der Waals surface area contributed by atoms with Crippen LogP contribution >= 0.6 is 0 Å². The van der Waals surface area contributed by atoms with E-state index in [9.17, 15) is 14.7 Å². The molecule has 1 aromatic carbocycles. The van der Waals surface area contributed by atoms with Gasteiger partial charge < -0.3 is 10.4 Å². The SMILES string of the molecule is CC1(C)C[C@@H](C(=O)O)n2c1cnc(NCc1ccccc1)c2=O. The van der Waals surface area contributed by atoms with Crippen LogP contribution < -0.4 is 10.9 Å². The van der Waals surface area contributed by atoms with E-state index >= 15 is 0 Å². The van der Waals surface area contributed by atoms with Crippen LogP contribution in [0.3, 0.4) is 0 Å². The summed E-state index contributed by atoms with van der Waals surface area (Å²) in [5.74, 6) is -0.805. The van der Waals surface area contributed by atoms with Gasteiger partial charge in [0.25, 0.3) is 5.56 Å². The number of nitrogens with zero attached hydrogens (tertiary/aromatic N) is 2. The van der Waals surface area contributed by atoms with Gasteiger partial charge in [-0.15, -0.1) is 0 Å². The predicted octanol–water partition coefficient (Wildman–Crippen LogP) is 2.16. The second-order valence-electron chi connectivity index (χ2n) is 6.45. The van der Waals surface area contributed by atoms with Crippen LogP contribution in [-0.2, 0) is 16.8 Å². The van der Waals surface area contributed by atoms with Crippen LogP contribution in [0, 0.1) is 0 Å². The predicted molar refractivity (Wildman–Crippen MR) is 86.6 cm³/mol. The van der Waals surface area contributed by atoms with Gasteiger partial charge in [0.15, 0.2) is 5.82 Å². The Balaban J connectivity index is 1.95. The summed E-state index contributed by atoms with van der Waals surface area (Å²) in [7, 11) is 0. The number of fused-ring (bicyclic) bond motifs is 1. The normalized spacial score (nSPS) is 18.4. The molecule has 2 aromatic rings. The van der Waals surface area contributed by atoms with Gasteiger partial charge in [0, 0.05) is 23.9 Å². The molecule has 1 atom stereocenters. The zero-order valence-corrected chi connectivity index (χ0v) is 13.1. The van der Waals surface area contributed by atoms with Crippen molar-refractivity contribution in [2.75, 3.05) is 5.32 Å². The molecule has 120 valence electrons. The van der Waals surface area contributed by atoms with Gasteiger partial charge in [-0.2, -0.15) is 0 Å². The smallest absolute Gasteiger partial charge is 0.326 e. The molecule has 3 rings (SSSR count). The second kappa shape index (κ2) is 5.53. The Kier molecular flexibility index (Phi) is 3.67. The van der Waals surface area contributed by atoms with Gasteiger partial charge in [-0.05, 0) is 12.0 Å². The highest BCUT2D eigenvalue weighted by molar-refractivity contribution is 5.73. The van der Waals surface area contributed by atoms with Crippen molar-refractivity contribution in [2.45, 2.75) is 38.3 Å². The fourth-order valence-electron chi connectivity index (χ4n) is 3.06. The Bertz CT molecular complexity index is 796. The van der Waals surface area contributed by atoms with E-state index in [-0.39, 0.29) is 16.8 Å². The van der Waals surface area contributed by atoms with Crippen molar-refractivity contribution in [3.05, 3.63) is 58.1 Å². The van der Waals surface area contributed by atoms with Gasteiger partial charge in [0.2, 0.25) is 0 Å². The highest BCUT2D eigenvalue weighted by Crippen LogP contribution is 2.39. The molecule has 0 fully saturated rings. The first kappa shape index (κ1) is 15.3. The Labute approximate surface area is 133 Å². The Morgan fingerprint density at radius 2 is 2.09 bits per heavy atom. The standard InChI is InChI=1S/C17H19N3O3/c1-17(2)8-12(16(22)23)20-13(17)10-19-14(15(20)21)18-9-11-6-4-3-5-7-11/h3-7,10,12H,8-9H2,1-2H3,(H,18,19)(H,22,23)/t12-/m0/s1. The van der Waals surface area contributed by atoms with Gasteiger partial charge in [-0.25, -0.2) is 9.78 Å². The average Bonchev–Trinajstić information content (AvgIpc) is 2.80. The molecular formula is C17H19N3O3. The number of benzene rings is 1. The quantitative estimate of drug-likeness (QED) is 0.903.